The molecule has 1 amide bonds. The summed E-state index contributed by atoms with van der Waals surface area (Å²) >= 11 is 1.38. The monoisotopic (exact) mass is 578 g/mol. The molecule has 1 saturated heterocycles. The molecule has 1 fully saturated rings. The molecule has 42 heavy (non-hydrogen) atoms. The second kappa shape index (κ2) is 10.7. The molecule has 0 bridgehead atoms. The zero-order valence-electron chi connectivity index (χ0n) is 23.2. The first kappa shape index (κ1) is 26.4. The lowest BCUT2D eigenvalue weighted by atomic mass is 10.1. The van der Waals surface area contributed by atoms with Gasteiger partial charge < -0.3 is 25.3 Å². The number of nitrogens with one attached hydrogen (secondary N) is 2. The first-order valence-electron chi connectivity index (χ1n) is 14.1. The Balaban J connectivity index is 1.09. The van der Waals surface area contributed by atoms with Crippen LogP contribution in [0.5, 0.6) is 0 Å². The van der Waals surface area contributed by atoms with Gasteiger partial charge in [0.2, 0.25) is 0 Å². The number of thiophene rings is 1. The van der Waals surface area contributed by atoms with E-state index < -0.39 is 10.9 Å². The highest BCUT2D eigenvalue weighted by Crippen LogP contribution is 2.39. The molecule has 7 rings (SSSR count). The molecule has 10 heteroatoms. The van der Waals surface area contributed by atoms with Crippen molar-refractivity contribution in [2.75, 3.05) is 60.2 Å². The number of nitrogens with zero attached hydrogens (tertiary/aromatic N) is 4. The highest BCUT2D eigenvalue weighted by molar-refractivity contribution is 7.12. The average Bonchev–Trinajstić information content (AvgIpc) is 3.66. The number of fused-ring (bicyclic) bond motifs is 2. The van der Waals surface area contributed by atoms with Crippen LogP contribution in [0.1, 0.15) is 20.8 Å². The van der Waals surface area contributed by atoms with Crippen molar-refractivity contribution in [2.24, 2.45) is 0 Å². The van der Waals surface area contributed by atoms with E-state index in [4.69, 9.17) is 0 Å². The summed E-state index contributed by atoms with van der Waals surface area (Å²) in [6.45, 7) is 4.33. The zero-order chi connectivity index (χ0) is 28.8. The lowest BCUT2D eigenvalue weighted by Gasteiger charge is -2.36. The minimum atomic E-state index is -0.428. The first-order chi connectivity index (χ1) is 20.5. The predicted octanol–water partition coefficient (Wildman–Crippen LogP) is 4.20. The van der Waals surface area contributed by atoms with Gasteiger partial charge >= 0.3 is 0 Å². The smallest absolute Gasteiger partial charge is 0.267 e. The Morgan fingerprint density at radius 2 is 1.76 bits per heavy atom. The largest absolute Gasteiger partial charge is 0.380 e. The molecule has 2 aromatic heterocycles. The van der Waals surface area contributed by atoms with Crippen molar-refractivity contribution in [3.63, 3.8) is 0 Å². The Bertz CT molecular complexity index is 1880. The van der Waals surface area contributed by atoms with Gasteiger partial charge in [0.1, 0.15) is 16.3 Å². The fraction of sp³-hybridized carbons (Fsp3) is 0.250. The van der Waals surface area contributed by atoms with Crippen molar-refractivity contribution in [2.45, 2.75) is 13.0 Å². The number of aromatic nitrogens is 1. The first-order valence-corrected chi connectivity index (χ1v) is 15.0. The van der Waals surface area contributed by atoms with Gasteiger partial charge in [0.15, 0.2) is 0 Å². The molecule has 9 nitrogen and oxygen atoms in total. The summed E-state index contributed by atoms with van der Waals surface area (Å²) in [6, 6.07) is 17.7. The average molecular weight is 579 g/mol. The van der Waals surface area contributed by atoms with Crippen molar-refractivity contribution < 1.29 is 4.79 Å². The molecule has 2 N–H and O–H groups in total. The van der Waals surface area contributed by atoms with Crippen molar-refractivity contribution in [3.8, 4) is 0 Å². The zero-order valence-corrected chi connectivity index (χ0v) is 24.0. The van der Waals surface area contributed by atoms with Crippen LogP contribution < -0.4 is 31.3 Å². The quantitative estimate of drug-likeness (QED) is 0.278. The number of carbonyl (C=O) groups is 1. The number of anilines is 5. The summed E-state index contributed by atoms with van der Waals surface area (Å²) in [6.07, 6.45) is 2.57. The van der Waals surface area contributed by atoms with E-state index >= 15 is 0 Å². The lowest BCUT2D eigenvalue weighted by molar-refractivity contribution is 0.103. The van der Waals surface area contributed by atoms with Gasteiger partial charge in [-0.15, -0.1) is 11.3 Å². The van der Waals surface area contributed by atoms with Gasteiger partial charge in [-0.3, -0.25) is 19.4 Å². The van der Waals surface area contributed by atoms with E-state index in [2.05, 4.69) is 33.6 Å². The molecular formula is C32H30N6O3S. The van der Waals surface area contributed by atoms with Crippen LogP contribution in [0.4, 0.5) is 28.4 Å². The Hall–Kier alpha value is -4.54. The van der Waals surface area contributed by atoms with Crippen molar-refractivity contribution >= 4 is 56.6 Å². The van der Waals surface area contributed by atoms with Crippen LogP contribution in [0, 0.1) is 0 Å². The van der Waals surface area contributed by atoms with Gasteiger partial charge in [-0.2, -0.15) is 0 Å². The van der Waals surface area contributed by atoms with Crippen molar-refractivity contribution in [1.29, 1.82) is 0 Å². The fourth-order valence-electron chi connectivity index (χ4n) is 5.94. The molecule has 0 saturated carbocycles. The van der Waals surface area contributed by atoms with Gasteiger partial charge in [-0.05, 0) is 60.3 Å². The summed E-state index contributed by atoms with van der Waals surface area (Å²) in [5.74, 6) is -0.205. The van der Waals surface area contributed by atoms with Gasteiger partial charge in [-0.25, -0.2) is 0 Å². The van der Waals surface area contributed by atoms with Crippen LogP contribution in [0.15, 0.2) is 75.8 Å². The van der Waals surface area contributed by atoms with E-state index in [1.165, 1.54) is 11.3 Å². The standard InChI is InChI=1S/C32H30N6O3S/c1-36-13-15-37(16-14-36)27-28(30(40)29(27)39)38-12-9-20-6-7-22(18-26(20)38)35-32(41)31-25(10-17-42-31)34-19-21-8-11-33-24-5-3-2-4-23(21)24/h2-8,10-11,17-18,34H,9,12-16,19H2,1H3,(H,35,41). The normalized spacial score (nSPS) is 15.4. The van der Waals surface area contributed by atoms with Crippen molar-refractivity contribution in [1.82, 2.24) is 9.88 Å². The Kier molecular flexibility index (Phi) is 6.72. The third-order valence-electron chi connectivity index (χ3n) is 8.27. The van der Waals surface area contributed by atoms with Crippen LogP contribution in [0.2, 0.25) is 0 Å². The number of para-hydroxylation sites is 1. The van der Waals surface area contributed by atoms with Gasteiger partial charge in [0, 0.05) is 62.2 Å². The third kappa shape index (κ3) is 4.62. The molecule has 5 aromatic rings. The molecule has 0 radical (unpaired) electrons. The SMILES string of the molecule is CN1CCN(c2c(N3CCc4ccc(NC(=O)c5sccc5NCc5ccnc6ccccc56)cc43)c(=O)c2=O)CC1. The van der Waals surface area contributed by atoms with Crippen LogP contribution in [0.25, 0.3) is 10.9 Å². The molecule has 3 aromatic carbocycles. The molecule has 4 heterocycles. The summed E-state index contributed by atoms with van der Waals surface area (Å²) in [5, 5.41) is 9.45. The van der Waals surface area contributed by atoms with Crippen molar-refractivity contribution in [3.05, 3.63) is 103 Å². The maximum absolute atomic E-state index is 13.4. The number of carbonyl (C=O) groups excluding carboxylic acids is 1. The highest BCUT2D eigenvalue weighted by Gasteiger charge is 2.34. The summed E-state index contributed by atoms with van der Waals surface area (Å²) in [7, 11) is 2.06. The second-order valence-corrected chi connectivity index (χ2v) is 11.8. The maximum Gasteiger partial charge on any atom is 0.267 e. The van der Waals surface area contributed by atoms with E-state index in [0.717, 1.165) is 66.0 Å². The summed E-state index contributed by atoms with van der Waals surface area (Å²) in [5.41, 5.74) is 5.60. The molecule has 0 aliphatic carbocycles. The Morgan fingerprint density at radius 1 is 0.952 bits per heavy atom. The minimum Gasteiger partial charge on any atom is -0.380 e. The topological polar surface area (TPSA) is 97.9 Å². The lowest BCUT2D eigenvalue weighted by Crippen LogP contribution is -2.51. The molecule has 0 unspecified atom stereocenters. The molecule has 0 atom stereocenters. The highest BCUT2D eigenvalue weighted by atomic mass is 32.1. The van der Waals surface area contributed by atoms with Gasteiger partial charge in [-0.1, -0.05) is 24.3 Å². The molecule has 0 spiro atoms. The van der Waals surface area contributed by atoms with Crippen LogP contribution in [0.3, 0.4) is 0 Å². The number of hydrogen-bond acceptors (Lipinski definition) is 9. The maximum atomic E-state index is 13.4. The molecule has 2 aliphatic heterocycles. The van der Waals surface area contributed by atoms with Gasteiger partial charge in [0.25, 0.3) is 16.8 Å². The van der Waals surface area contributed by atoms with E-state index in [-0.39, 0.29) is 5.91 Å². The van der Waals surface area contributed by atoms with Crippen LogP contribution in [-0.4, -0.2) is 55.6 Å². The Labute approximate surface area is 246 Å². The fourth-order valence-corrected chi connectivity index (χ4v) is 6.71. The van der Waals surface area contributed by atoms with Crippen LogP contribution in [-0.2, 0) is 13.0 Å². The number of benzene rings is 2. The van der Waals surface area contributed by atoms with E-state index in [0.29, 0.717) is 35.0 Å². The number of rotatable bonds is 7. The number of piperazine rings is 1. The number of pyridine rings is 1. The molecule has 2 aliphatic rings. The number of amides is 1. The van der Waals surface area contributed by atoms with E-state index in [1.54, 1.807) is 6.20 Å². The summed E-state index contributed by atoms with van der Waals surface area (Å²) < 4.78 is 0. The number of likely N-dealkylation sites (N-methyl/N-ethyl adjacent to an activating group) is 1. The molecule has 212 valence electrons. The van der Waals surface area contributed by atoms with E-state index in [9.17, 15) is 14.4 Å². The van der Waals surface area contributed by atoms with Gasteiger partial charge in [0.05, 0.1) is 11.2 Å². The summed E-state index contributed by atoms with van der Waals surface area (Å²) in [4.78, 5) is 50.1. The third-order valence-corrected chi connectivity index (χ3v) is 9.18. The van der Waals surface area contributed by atoms with E-state index in [1.807, 2.05) is 63.7 Å². The number of hydrogen-bond donors (Lipinski definition) is 2. The molecular weight excluding hydrogens is 548 g/mol. The van der Waals surface area contributed by atoms with Crippen LogP contribution >= 0.6 is 11.3 Å². The second-order valence-electron chi connectivity index (χ2n) is 10.8. The predicted molar refractivity (Wildman–Crippen MR) is 170 cm³/mol. The Morgan fingerprint density at radius 3 is 2.62 bits per heavy atom. The minimum absolute atomic E-state index is 0.205.